The number of hydrogen-bond donors (Lipinski definition) is 1. The molecule has 7 nitrogen and oxygen atoms in total. The van der Waals surface area contributed by atoms with E-state index in [1.807, 2.05) is 24.5 Å². The number of hydrogen-bond acceptors (Lipinski definition) is 6. The van der Waals surface area contributed by atoms with E-state index in [9.17, 15) is 0 Å². The average Bonchev–Trinajstić information content (AvgIpc) is 3.19. The molecule has 2 aromatic heterocycles. The van der Waals surface area contributed by atoms with E-state index in [0.717, 1.165) is 41.8 Å². The Hall–Kier alpha value is -2.93. The number of nitrogens with one attached hydrogen (secondary N) is 1. The van der Waals surface area contributed by atoms with Crippen LogP contribution >= 0.6 is 0 Å². The van der Waals surface area contributed by atoms with Crippen LogP contribution in [0, 0.1) is 0 Å². The van der Waals surface area contributed by atoms with Gasteiger partial charge in [-0.3, -0.25) is 19.4 Å². The first-order valence-electron chi connectivity index (χ1n) is 10.6. The second kappa shape index (κ2) is 6.84. The van der Waals surface area contributed by atoms with Gasteiger partial charge >= 0.3 is 0 Å². The van der Waals surface area contributed by atoms with Crippen LogP contribution in [0.5, 0.6) is 0 Å². The largest absolute Gasteiger partial charge is 0.331 e. The first kappa shape index (κ1) is 17.0. The molecule has 0 amide bonds. The van der Waals surface area contributed by atoms with Gasteiger partial charge < -0.3 is 5.32 Å². The fourth-order valence-corrected chi connectivity index (χ4v) is 4.93. The third-order valence-corrected chi connectivity index (χ3v) is 6.41. The minimum Gasteiger partial charge on any atom is -0.331 e. The van der Waals surface area contributed by atoms with Crippen molar-refractivity contribution in [2.75, 3.05) is 18.2 Å². The van der Waals surface area contributed by atoms with Crippen LogP contribution in [-0.4, -0.2) is 44.8 Å². The molecule has 1 fully saturated rings. The van der Waals surface area contributed by atoms with Gasteiger partial charge in [-0.25, -0.2) is 9.98 Å². The zero-order valence-corrected chi connectivity index (χ0v) is 16.4. The highest BCUT2D eigenvalue weighted by Gasteiger charge is 2.37. The number of fused-ring (bicyclic) bond motifs is 5. The lowest BCUT2D eigenvalue weighted by molar-refractivity contribution is 0.156. The molecule has 1 N–H and O–H groups in total. The molecule has 0 saturated heterocycles. The van der Waals surface area contributed by atoms with Crippen molar-refractivity contribution in [3.05, 3.63) is 54.4 Å². The van der Waals surface area contributed by atoms with Crippen molar-refractivity contribution in [3.8, 4) is 0 Å². The van der Waals surface area contributed by atoms with Crippen molar-refractivity contribution in [2.24, 2.45) is 4.99 Å². The Morgan fingerprint density at radius 2 is 1.90 bits per heavy atom. The van der Waals surface area contributed by atoms with E-state index in [2.05, 4.69) is 48.9 Å². The van der Waals surface area contributed by atoms with Crippen molar-refractivity contribution in [1.29, 1.82) is 0 Å². The smallest absolute Gasteiger partial charge is 0.216 e. The molecule has 1 saturated carbocycles. The van der Waals surface area contributed by atoms with Gasteiger partial charge in [0.2, 0.25) is 11.9 Å². The zero-order chi connectivity index (χ0) is 19.2. The fourth-order valence-electron chi connectivity index (χ4n) is 4.93. The molecule has 1 aromatic carbocycles. The molecule has 0 radical (unpaired) electrons. The Balaban J connectivity index is 1.44. The van der Waals surface area contributed by atoms with Crippen molar-refractivity contribution in [3.63, 3.8) is 0 Å². The number of para-hydroxylation sites is 2. The molecule has 29 heavy (non-hydrogen) atoms. The molecule has 1 unspecified atom stereocenters. The lowest BCUT2D eigenvalue weighted by atomic mass is 9.94. The van der Waals surface area contributed by atoms with Gasteiger partial charge in [-0.05, 0) is 31.0 Å². The van der Waals surface area contributed by atoms with Crippen molar-refractivity contribution in [2.45, 2.75) is 44.3 Å². The van der Waals surface area contributed by atoms with Crippen LogP contribution in [0.4, 0.5) is 5.95 Å². The highest BCUT2D eigenvalue weighted by Crippen LogP contribution is 2.34. The summed E-state index contributed by atoms with van der Waals surface area (Å²) in [5.74, 6) is 1.87. The number of anilines is 1. The topological polar surface area (TPSA) is 61.6 Å². The maximum Gasteiger partial charge on any atom is 0.216 e. The second-order valence-corrected chi connectivity index (χ2v) is 8.18. The Bertz CT molecular complexity index is 1050. The second-order valence-electron chi connectivity index (χ2n) is 8.18. The number of aliphatic imine (C=N–C) groups is 1. The number of benzene rings is 1. The summed E-state index contributed by atoms with van der Waals surface area (Å²) in [6.07, 6.45) is 10.3. The van der Waals surface area contributed by atoms with Crippen molar-refractivity contribution < 1.29 is 0 Å². The predicted octanol–water partition coefficient (Wildman–Crippen LogP) is 3.31. The van der Waals surface area contributed by atoms with Crippen LogP contribution in [0.15, 0.2) is 53.8 Å². The average molecular weight is 387 g/mol. The van der Waals surface area contributed by atoms with Crippen molar-refractivity contribution >= 4 is 22.9 Å². The molecule has 1 aliphatic carbocycles. The van der Waals surface area contributed by atoms with Gasteiger partial charge in [-0.1, -0.05) is 37.5 Å². The molecular weight excluding hydrogens is 362 g/mol. The quantitative estimate of drug-likeness (QED) is 0.731. The van der Waals surface area contributed by atoms with Gasteiger partial charge in [-0.15, -0.1) is 0 Å². The van der Waals surface area contributed by atoms with E-state index >= 15 is 0 Å². The first-order chi connectivity index (χ1) is 14.4. The summed E-state index contributed by atoms with van der Waals surface area (Å²) < 4.78 is 2.29. The number of rotatable bonds is 2. The Labute approximate surface area is 170 Å². The lowest BCUT2D eigenvalue weighted by Gasteiger charge is -2.44. The Kier molecular flexibility index (Phi) is 4.01. The molecule has 4 heterocycles. The van der Waals surface area contributed by atoms with E-state index in [-0.39, 0.29) is 6.17 Å². The summed E-state index contributed by atoms with van der Waals surface area (Å²) in [6, 6.07) is 13.1. The van der Waals surface area contributed by atoms with E-state index in [1.165, 1.54) is 32.1 Å². The molecule has 0 bridgehead atoms. The number of nitrogens with zero attached hydrogens (tertiary/aromatic N) is 6. The summed E-state index contributed by atoms with van der Waals surface area (Å²) in [5.41, 5.74) is 3.24. The van der Waals surface area contributed by atoms with E-state index < -0.39 is 0 Å². The van der Waals surface area contributed by atoms with Crippen LogP contribution < -0.4 is 10.2 Å². The monoisotopic (exact) mass is 387 g/mol. The normalized spacial score (nSPS) is 22.7. The van der Waals surface area contributed by atoms with Gasteiger partial charge in [0, 0.05) is 24.0 Å². The molecule has 7 heteroatoms. The fraction of sp³-hybridized carbons (Fsp3) is 0.409. The number of aromatic nitrogens is 3. The molecule has 3 aromatic rings. The van der Waals surface area contributed by atoms with E-state index in [0.29, 0.717) is 6.04 Å². The van der Waals surface area contributed by atoms with Gasteiger partial charge in [0.05, 0.1) is 24.4 Å². The first-order valence-corrected chi connectivity index (χ1v) is 10.6. The summed E-state index contributed by atoms with van der Waals surface area (Å²) >= 11 is 0. The van der Waals surface area contributed by atoms with Gasteiger partial charge in [-0.2, -0.15) is 0 Å². The van der Waals surface area contributed by atoms with Gasteiger partial charge in [0.1, 0.15) is 6.17 Å². The van der Waals surface area contributed by atoms with Crippen LogP contribution in [0.1, 0.15) is 43.8 Å². The van der Waals surface area contributed by atoms with Gasteiger partial charge in [0.25, 0.3) is 0 Å². The van der Waals surface area contributed by atoms with E-state index in [1.54, 1.807) is 0 Å². The predicted molar refractivity (Wildman–Crippen MR) is 114 cm³/mol. The summed E-state index contributed by atoms with van der Waals surface area (Å²) in [5, 5.41) is 3.66. The molecule has 148 valence electrons. The van der Waals surface area contributed by atoms with Crippen LogP contribution in [0.3, 0.4) is 0 Å². The Morgan fingerprint density at radius 3 is 2.76 bits per heavy atom. The molecule has 2 aliphatic heterocycles. The van der Waals surface area contributed by atoms with Crippen molar-refractivity contribution in [1.82, 2.24) is 24.8 Å². The minimum atomic E-state index is -0.0673. The number of guanidine groups is 1. The third-order valence-electron chi connectivity index (χ3n) is 6.41. The summed E-state index contributed by atoms with van der Waals surface area (Å²) in [4.78, 5) is 19.0. The number of pyridine rings is 1. The third kappa shape index (κ3) is 2.80. The highest BCUT2D eigenvalue weighted by atomic mass is 15.5. The maximum atomic E-state index is 5.01. The SMILES string of the molecule is c1cncc(C2NC3=NCN(C4CCCCC4)CN3c3nc4ccccc4n32)c1. The molecule has 6 rings (SSSR count). The van der Waals surface area contributed by atoms with Crippen LogP contribution in [0.25, 0.3) is 11.0 Å². The standard InChI is InChI=1S/C22H25N7/c1-2-8-17(9-3-1)27-14-24-21-26-20(16-7-6-12-23-13-16)29-19-11-5-4-10-18(19)25-22(29)28(21)15-27/h4-7,10-13,17,20H,1-3,8-9,14-15H2,(H,24,26). The summed E-state index contributed by atoms with van der Waals surface area (Å²) in [6.45, 7) is 1.59. The zero-order valence-electron chi connectivity index (χ0n) is 16.4. The highest BCUT2D eigenvalue weighted by molar-refractivity contribution is 5.98. The maximum absolute atomic E-state index is 5.01. The molecule has 0 spiro atoms. The molecule has 3 aliphatic rings. The van der Waals surface area contributed by atoms with E-state index in [4.69, 9.17) is 9.98 Å². The number of imidazole rings is 1. The van der Waals surface area contributed by atoms with Crippen LogP contribution in [0.2, 0.25) is 0 Å². The molecular formula is C22H25N7. The summed E-state index contributed by atoms with van der Waals surface area (Å²) in [7, 11) is 0. The molecule has 1 atom stereocenters. The lowest BCUT2D eigenvalue weighted by Crippen LogP contribution is -2.59. The minimum absolute atomic E-state index is 0.0673. The van der Waals surface area contributed by atoms with Gasteiger partial charge in [0.15, 0.2) is 0 Å². The Morgan fingerprint density at radius 1 is 1.00 bits per heavy atom. The van der Waals surface area contributed by atoms with Crippen LogP contribution in [-0.2, 0) is 0 Å².